The second-order valence-corrected chi connectivity index (χ2v) is 16.4. The molecule has 266 valence electrons. The van der Waals surface area contributed by atoms with Gasteiger partial charge in [-0.1, -0.05) is 140 Å². The number of hydrogen-bond acceptors (Lipinski definition) is 6. The van der Waals surface area contributed by atoms with E-state index >= 15 is 0 Å². The van der Waals surface area contributed by atoms with Crippen molar-refractivity contribution in [3.8, 4) is 56.4 Å². The molecule has 0 fully saturated rings. The molecular weight excluding hydrogens is 735 g/mol. The Morgan fingerprint density at radius 1 is 0.333 bits per heavy atom. The Labute approximate surface area is 335 Å². The van der Waals surface area contributed by atoms with Crippen LogP contribution in [0.15, 0.2) is 180 Å². The lowest BCUT2D eigenvalue weighted by Gasteiger charge is -2.10. The van der Waals surface area contributed by atoms with Gasteiger partial charge < -0.3 is 4.42 Å². The van der Waals surface area contributed by atoms with Gasteiger partial charge in [0.15, 0.2) is 17.5 Å². The topological polar surface area (TPSA) is 51.8 Å². The number of nitrogens with zero attached hydrogens (tertiary/aromatic N) is 3. The maximum Gasteiger partial charge on any atom is 0.165 e. The first-order valence-corrected chi connectivity index (χ1v) is 20.6. The van der Waals surface area contributed by atoms with Crippen LogP contribution in [0.3, 0.4) is 0 Å². The van der Waals surface area contributed by atoms with Gasteiger partial charge in [0.05, 0.1) is 0 Å². The normalized spacial score (nSPS) is 11.9. The lowest BCUT2D eigenvalue weighted by molar-refractivity contribution is 0.669. The number of rotatable bonds is 5. The van der Waals surface area contributed by atoms with E-state index in [-0.39, 0.29) is 0 Å². The first-order chi connectivity index (χ1) is 28.2. The van der Waals surface area contributed by atoms with Crippen LogP contribution in [0.25, 0.3) is 119 Å². The highest BCUT2D eigenvalue weighted by Crippen LogP contribution is 2.44. The molecule has 0 saturated heterocycles. The van der Waals surface area contributed by atoms with Crippen LogP contribution >= 0.6 is 22.7 Å². The van der Waals surface area contributed by atoms with Gasteiger partial charge in [-0.2, -0.15) is 0 Å². The Kier molecular flexibility index (Phi) is 7.24. The molecule has 0 N–H and O–H groups in total. The van der Waals surface area contributed by atoms with E-state index in [0.717, 1.165) is 54.5 Å². The third-order valence-corrected chi connectivity index (χ3v) is 13.4. The number of furan rings is 1. The van der Waals surface area contributed by atoms with Crippen LogP contribution in [-0.2, 0) is 0 Å². The molecule has 0 aliphatic heterocycles. The zero-order valence-electron chi connectivity index (χ0n) is 30.3. The van der Waals surface area contributed by atoms with Crippen molar-refractivity contribution in [2.24, 2.45) is 0 Å². The summed E-state index contributed by atoms with van der Waals surface area (Å²) in [6.45, 7) is 0. The van der Waals surface area contributed by atoms with Crippen LogP contribution in [0.4, 0.5) is 0 Å². The minimum Gasteiger partial charge on any atom is -0.456 e. The summed E-state index contributed by atoms with van der Waals surface area (Å²) in [5.41, 5.74) is 9.09. The van der Waals surface area contributed by atoms with Crippen molar-refractivity contribution < 1.29 is 4.42 Å². The summed E-state index contributed by atoms with van der Waals surface area (Å²) in [4.78, 5) is 15.8. The third-order valence-electron chi connectivity index (χ3n) is 11.0. The lowest BCUT2D eigenvalue weighted by Crippen LogP contribution is -2.00. The largest absolute Gasteiger partial charge is 0.456 e. The van der Waals surface area contributed by atoms with Crippen LogP contribution in [0.5, 0.6) is 0 Å². The molecule has 0 spiro atoms. The number of aromatic nitrogens is 3. The van der Waals surface area contributed by atoms with Gasteiger partial charge in [0.2, 0.25) is 0 Å². The molecule has 0 radical (unpaired) electrons. The average Bonchev–Trinajstić information content (AvgIpc) is 3.98. The fourth-order valence-electron chi connectivity index (χ4n) is 8.27. The van der Waals surface area contributed by atoms with Gasteiger partial charge in [-0.25, -0.2) is 15.0 Å². The van der Waals surface area contributed by atoms with Crippen molar-refractivity contribution in [1.29, 1.82) is 0 Å². The highest BCUT2D eigenvalue weighted by atomic mass is 32.1. The molecule has 0 saturated carbocycles. The van der Waals surface area contributed by atoms with Gasteiger partial charge >= 0.3 is 0 Å². The van der Waals surface area contributed by atoms with Gasteiger partial charge in [-0.05, 0) is 58.7 Å². The van der Waals surface area contributed by atoms with Crippen molar-refractivity contribution in [3.63, 3.8) is 0 Å². The van der Waals surface area contributed by atoms with Gasteiger partial charge in [-0.3, -0.25) is 0 Å². The Bertz CT molecular complexity index is 3530. The number of hydrogen-bond donors (Lipinski definition) is 0. The molecule has 6 heteroatoms. The van der Waals surface area contributed by atoms with E-state index in [0.29, 0.717) is 17.5 Å². The monoisotopic (exact) mass is 763 g/mol. The molecule has 12 rings (SSSR count). The Morgan fingerprint density at radius 3 is 1.60 bits per heavy atom. The fraction of sp³-hybridized carbons (Fsp3) is 0. The molecule has 4 heterocycles. The van der Waals surface area contributed by atoms with Crippen molar-refractivity contribution in [2.75, 3.05) is 0 Å². The standard InChI is InChI=1S/C51H29N3OS2/c1-2-11-30(12-3-1)31-23-25-32(26-24-31)49-52-50(54-51(53-49)40-19-9-17-38-36-14-5-7-22-45(36)57-48(38)40)39-18-10-20-43-46(39)41-29-33(27-28-42(41)55-43)34-15-8-16-37-35-13-4-6-21-44(35)56-47(34)37/h1-29H. The second kappa shape index (κ2) is 12.8. The van der Waals surface area contributed by atoms with Gasteiger partial charge in [-0.15, -0.1) is 22.7 Å². The molecular formula is C51H29N3OS2. The molecule has 0 unspecified atom stereocenters. The second-order valence-electron chi connectivity index (χ2n) is 14.3. The summed E-state index contributed by atoms with van der Waals surface area (Å²) in [5, 5.41) is 7.02. The Morgan fingerprint density at radius 2 is 0.860 bits per heavy atom. The van der Waals surface area contributed by atoms with Crippen LogP contribution in [0, 0.1) is 0 Å². The molecule has 12 aromatic rings. The molecule has 0 bridgehead atoms. The van der Waals surface area contributed by atoms with Gasteiger partial charge in [0, 0.05) is 67.8 Å². The quantitative estimate of drug-likeness (QED) is 0.175. The predicted octanol–water partition coefficient (Wildman–Crippen LogP) is 14.8. The van der Waals surface area contributed by atoms with E-state index in [4.69, 9.17) is 19.4 Å². The first kappa shape index (κ1) is 32.3. The maximum absolute atomic E-state index is 6.55. The third kappa shape index (κ3) is 5.22. The molecule has 4 aromatic heterocycles. The molecule has 0 aliphatic rings. The van der Waals surface area contributed by atoms with Crippen molar-refractivity contribution >= 4 is 85.0 Å². The summed E-state index contributed by atoms with van der Waals surface area (Å²) in [6.07, 6.45) is 0. The highest BCUT2D eigenvalue weighted by molar-refractivity contribution is 7.26. The van der Waals surface area contributed by atoms with Crippen LogP contribution < -0.4 is 0 Å². The maximum atomic E-state index is 6.55. The summed E-state index contributed by atoms with van der Waals surface area (Å²) >= 11 is 3.62. The average molecular weight is 764 g/mol. The minimum atomic E-state index is 0.602. The van der Waals surface area contributed by atoms with Crippen LogP contribution in [0.2, 0.25) is 0 Å². The lowest BCUT2D eigenvalue weighted by atomic mass is 9.99. The van der Waals surface area contributed by atoms with Crippen molar-refractivity contribution in [3.05, 3.63) is 176 Å². The molecule has 0 aliphatic carbocycles. The SMILES string of the molecule is c1ccc(-c2ccc(-c3nc(-c4cccc5c4sc4ccccc45)nc(-c4cccc5oc6ccc(-c7cccc8c7sc7ccccc78)cc6c45)n3)cc2)cc1. The van der Waals surface area contributed by atoms with Gasteiger partial charge in [0.1, 0.15) is 11.2 Å². The van der Waals surface area contributed by atoms with Crippen molar-refractivity contribution in [2.45, 2.75) is 0 Å². The summed E-state index contributed by atoms with van der Waals surface area (Å²) in [7, 11) is 0. The Balaban J connectivity index is 1.07. The summed E-state index contributed by atoms with van der Waals surface area (Å²) in [5.74, 6) is 1.86. The van der Waals surface area contributed by atoms with E-state index in [1.807, 2.05) is 29.5 Å². The minimum absolute atomic E-state index is 0.602. The number of benzene rings is 8. The van der Waals surface area contributed by atoms with E-state index in [1.54, 1.807) is 11.3 Å². The van der Waals surface area contributed by atoms with E-state index < -0.39 is 0 Å². The zero-order chi connectivity index (χ0) is 37.5. The molecule has 8 aromatic carbocycles. The number of fused-ring (bicyclic) bond motifs is 9. The number of thiophene rings is 2. The summed E-state index contributed by atoms with van der Waals surface area (Å²) < 4.78 is 11.5. The zero-order valence-corrected chi connectivity index (χ0v) is 31.9. The highest BCUT2D eigenvalue weighted by Gasteiger charge is 2.21. The van der Waals surface area contributed by atoms with Gasteiger partial charge in [0.25, 0.3) is 0 Å². The molecule has 0 amide bonds. The summed E-state index contributed by atoms with van der Waals surface area (Å²) in [6, 6.07) is 61.9. The molecule has 0 atom stereocenters. The van der Waals surface area contributed by atoms with Crippen molar-refractivity contribution in [1.82, 2.24) is 15.0 Å². The first-order valence-electron chi connectivity index (χ1n) is 18.9. The van der Waals surface area contributed by atoms with E-state index in [1.165, 1.54) is 46.8 Å². The van der Waals surface area contributed by atoms with Crippen LogP contribution in [-0.4, -0.2) is 15.0 Å². The molecule has 57 heavy (non-hydrogen) atoms. The van der Waals surface area contributed by atoms with E-state index in [9.17, 15) is 0 Å². The Hall–Kier alpha value is -6.99. The fourth-order valence-corrected chi connectivity index (χ4v) is 10.7. The smallest absolute Gasteiger partial charge is 0.165 e. The molecule has 4 nitrogen and oxygen atoms in total. The van der Waals surface area contributed by atoms with E-state index in [2.05, 4.69) is 158 Å². The van der Waals surface area contributed by atoms with Crippen LogP contribution in [0.1, 0.15) is 0 Å². The predicted molar refractivity (Wildman–Crippen MR) is 240 cm³/mol.